The minimum atomic E-state index is -0.534. The molecular weight excluding hydrogens is 409 g/mol. The molecule has 0 spiro atoms. The first-order valence-electron chi connectivity index (χ1n) is 9.89. The summed E-state index contributed by atoms with van der Waals surface area (Å²) in [4.78, 5) is 31.0. The fraction of sp³-hybridized carbons (Fsp3) is 0.364. The molecule has 2 saturated heterocycles. The predicted octanol–water partition coefficient (Wildman–Crippen LogP) is 3.19. The van der Waals surface area contributed by atoms with Crippen molar-refractivity contribution in [2.45, 2.75) is 6.42 Å². The summed E-state index contributed by atoms with van der Waals surface area (Å²) in [6, 6.07) is 12.0. The third-order valence-corrected chi connectivity index (χ3v) is 5.99. The van der Waals surface area contributed by atoms with Gasteiger partial charge in [-0.05, 0) is 30.3 Å². The molecule has 0 unspecified atom stereocenters. The van der Waals surface area contributed by atoms with E-state index in [0.717, 1.165) is 24.5 Å². The molecule has 2 aromatic carbocycles. The Kier molecular flexibility index (Phi) is 5.81. The molecule has 2 aliphatic rings. The molecule has 0 aliphatic carbocycles. The van der Waals surface area contributed by atoms with Gasteiger partial charge < -0.3 is 19.4 Å². The smallest absolute Gasteiger partial charge is 0.228 e. The second-order valence-electron chi connectivity index (χ2n) is 7.52. The number of amides is 2. The van der Waals surface area contributed by atoms with Crippen LogP contribution < -0.4 is 14.5 Å². The van der Waals surface area contributed by atoms with Crippen LogP contribution in [-0.4, -0.2) is 56.5 Å². The minimum Gasteiger partial charge on any atom is -0.497 e. The largest absolute Gasteiger partial charge is 0.497 e. The van der Waals surface area contributed by atoms with Crippen LogP contribution in [0.4, 0.5) is 15.8 Å². The molecule has 30 heavy (non-hydrogen) atoms. The van der Waals surface area contributed by atoms with E-state index in [2.05, 4.69) is 4.90 Å². The van der Waals surface area contributed by atoms with E-state index in [4.69, 9.17) is 16.3 Å². The van der Waals surface area contributed by atoms with Gasteiger partial charge in [0.05, 0.1) is 18.1 Å². The zero-order valence-corrected chi connectivity index (χ0v) is 17.4. The number of methoxy groups -OCH3 is 1. The maximum atomic E-state index is 13.4. The lowest BCUT2D eigenvalue weighted by Crippen LogP contribution is -2.50. The number of carbonyl (C=O) groups is 2. The van der Waals surface area contributed by atoms with Gasteiger partial charge in [-0.3, -0.25) is 9.59 Å². The number of carbonyl (C=O) groups excluding carboxylic acids is 2. The van der Waals surface area contributed by atoms with Crippen molar-refractivity contribution in [2.75, 3.05) is 49.6 Å². The maximum absolute atomic E-state index is 13.4. The van der Waals surface area contributed by atoms with Crippen LogP contribution in [0.15, 0.2) is 42.5 Å². The third-order valence-electron chi connectivity index (χ3n) is 5.70. The van der Waals surface area contributed by atoms with Gasteiger partial charge in [-0.2, -0.15) is 0 Å². The molecule has 6 nitrogen and oxygen atoms in total. The molecule has 2 heterocycles. The third kappa shape index (κ3) is 4.07. The Hall–Kier alpha value is -2.80. The van der Waals surface area contributed by atoms with Crippen molar-refractivity contribution >= 4 is 34.8 Å². The second-order valence-corrected chi connectivity index (χ2v) is 7.92. The van der Waals surface area contributed by atoms with Crippen LogP contribution in [0.25, 0.3) is 0 Å². The van der Waals surface area contributed by atoms with Crippen LogP contribution in [-0.2, 0) is 9.59 Å². The van der Waals surface area contributed by atoms with Crippen molar-refractivity contribution < 1.29 is 18.7 Å². The number of halogens is 2. The summed E-state index contributed by atoms with van der Waals surface area (Å²) in [5, 5.41) is -0.0382. The topological polar surface area (TPSA) is 53.1 Å². The highest BCUT2D eigenvalue weighted by Gasteiger charge is 2.38. The number of benzene rings is 2. The monoisotopic (exact) mass is 431 g/mol. The number of nitrogens with zero attached hydrogens (tertiary/aromatic N) is 3. The highest BCUT2D eigenvalue weighted by molar-refractivity contribution is 6.31. The average Bonchev–Trinajstić information content (AvgIpc) is 3.17. The predicted molar refractivity (Wildman–Crippen MR) is 114 cm³/mol. The summed E-state index contributed by atoms with van der Waals surface area (Å²) in [5.41, 5.74) is 1.58. The summed E-state index contributed by atoms with van der Waals surface area (Å²) in [5.74, 6) is -0.287. The Morgan fingerprint density at radius 3 is 2.57 bits per heavy atom. The van der Waals surface area contributed by atoms with Gasteiger partial charge in [0, 0.05) is 56.6 Å². The van der Waals surface area contributed by atoms with E-state index in [1.165, 1.54) is 23.1 Å². The van der Waals surface area contributed by atoms with E-state index in [1.54, 1.807) is 7.11 Å². The maximum Gasteiger partial charge on any atom is 0.228 e. The number of hydrogen-bond donors (Lipinski definition) is 0. The van der Waals surface area contributed by atoms with Gasteiger partial charge in [0.25, 0.3) is 0 Å². The molecule has 8 heteroatoms. The molecule has 0 N–H and O–H groups in total. The number of anilines is 2. The SMILES string of the molecule is COc1cccc(N2CCN(C(=O)[C@@H]3CC(=O)N(c4ccc(F)c(Cl)c4)C3)CC2)c1. The molecule has 1 atom stereocenters. The zero-order valence-electron chi connectivity index (χ0n) is 16.7. The standard InChI is InChI=1S/C22H23ClFN3O3/c1-30-18-4-2-3-16(12-18)25-7-9-26(10-8-25)22(29)15-11-21(28)27(14-15)17-5-6-20(24)19(23)13-17/h2-6,12-13,15H,7-11,14H2,1H3/t15-/m1/s1. The number of hydrogen-bond acceptors (Lipinski definition) is 4. The minimum absolute atomic E-state index is 0.00986. The number of piperazine rings is 1. The lowest BCUT2D eigenvalue weighted by atomic mass is 10.1. The number of ether oxygens (including phenoxy) is 1. The summed E-state index contributed by atoms with van der Waals surface area (Å²) >= 11 is 5.84. The van der Waals surface area contributed by atoms with Crippen molar-refractivity contribution in [1.82, 2.24) is 4.90 Å². The fourth-order valence-electron chi connectivity index (χ4n) is 4.03. The molecule has 2 amide bonds. The summed E-state index contributed by atoms with van der Waals surface area (Å²) in [6.45, 7) is 2.93. The van der Waals surface area contributed by atoms with Crippen LogP contribution in [0.2, 0.25) is 5.02 Å². The highest BCUT2D eigenvalue weighted by Crippen LogP contribution is 2.30. The fourth-order valence-corrected chi connectivity index (χ4v) is 4.20. The first-order valence-corrected chi connectivity index (χ1v) is 10.3. The summed E-state index contributed by atoms with van der Waals surface area (Å²) in [7, 11) is 1.64. The molecule has 0 bridgehead atoms. The lowest BCUT2D eigenvalue weighted by Gasteiger charge is -2.37. The first kappa shape index (κ1) is 20.5. The van der Waals surface area contributed by atoms with Gasteiger partial charge in [0.15, 0.2) is 0 Å². The first-order chi connectivity index (χ1) is 14.5. The van der Waals surface area contributed by atoms with E-state index in [9.17, 15) is 14.0 Å². The molecule has 2 aliphatic heterocycles. The second kappa shape index (κ2) is 8.52. The van der Waals surface area contributed by atoms with Crippen molar-refractivity contribution in [3.8, 4) is 5.75 Å². The van der Waals surface area contributed by atoms with E-state index in [1.807, 2.05) is 29.2 Å². The molecule has 0 saturated carbocycles. The van der Waals surface area contributed by atoms with Gasteiger partial charge in [0.2, 0.25) is 11.8 Å². The van der Waals surface area contributed by atoms with E-state index in [0.29, 0.717) is 18.8 Å². The van der Waals surface area contributed by atoms with Gasteiger partial charge in [-0.1, -0.05) is 17.7 Å². The van der Waals surface area contributed by atoms with Gasteiger partial charge in [-0.25, -0.2) is 4.39 Å². The molecular formula is C22H23ClFN3O3. The van der Waals surface area contributed by atoms with Crippen molar-refractivity contribution in [2.24, 2.45) is 5.92 Å². The van der Waals surface area contributed by atoms with Crippen molar-refractivity contribution in [1.29, 1.82) is 0 Å². The Morgan fingerprint density at radius 1 is 1.10 bits per heavy atom. The number of rotatable bonds is 4. The summed E-state index contributed by atoms with van der Waals surface area (Å²) in [6.07, 6.45) is 0.157. The highest BCUT2D eigenvalue weighted by atomic mass is 35.5. The van der Waals surface area contributed by atoms with Crippen molar-refractivity contribution in [3.63, 3.8) is 0 Å². The Labute approximate surface area is 179 Å². The van der Waals surface area contributed by atoms with E-state index in [-0.39, 0.29) is 29.8 Å². The van der Waals surface area contributed by atoms with Crippen LogP contribution in [0, 0.1) is 11.7 Å². The van der Waals surface area contributed by atoms with E-state index >= 15 is 0 Å². The Balaban J connectivity index is 1.37. The molecule has 0 aromatic heterocycles. The molecule has 158 valence electrons. The van der Waals surface area contributed by atoms with Crippen LogP contribution in [0.1, 0.15) is 6.42 Å². The van der Waals surface area contributed by atoms with Gasteiger partial charge in [-0.15, -0.1) is 0 Å². The van der Waals surface area contributed by atoms with Gasteiger partial charge >= 0.3 is 0 Å². The molecule has 2 fully saturated rings. The van der Waals surface area contributed by atoms with Crippen LogP contribution >= 0.6 is 11.6 Å². The Morgan fingerprint density at radius 2 is 1.87 bits per heavy atom. The van der Waals surface area contributed by atoms with Crippen LogP contribution in [0.3, 0.4) is 0 Å². The normalized spacial score (nSPS) is 19.4. The van der Waals surface area contributed by atoms with Crippen molar-refractivity contribution in [3.05, 3.63) is 53.3 Å². The van der Waals surface area contributed by atoms with E-state index < -0.39 is 11.7 Å². The molecule has 4 rings (SSSR count). The average molecular weight is 432 g/mol. The van der Waals surface area contributed by atoms with Gasteiger partial charge in [0.1, 0.15) is 11.6 Å². The zero-order chi connectivity index (χ0) is 21.3. The quantitative estimate of drug-likeness (QED) is 0.746. The summed E-state index contributed by atoms with van der Waals surface area (Å²) < 4.78 is 18.7. The van der Waals surface area contributed by atoms with Crippen LogP contribution in [0.5, 0.6) is 5.75 Å². The Bertz CT molecular complexity index is 962. The molecule has 0 radical (unpaired) electrons. The lowest BCUT2D eigenvalue weighted by molar-refractivity contribution is -0.136. The molecule has 2 aromatic rings.